The normalized spacial score (nSPS) is 15.5. The predicted molar refractivity (Wildman–Crippen MR) is 116 cm³/mol. The summed E-state index contributed by atoms with van der Waals surface area (Å²) in [4.78, 5) is 50.3. The molecule has 1 fully saturated rings. The standard InChI is InChI=1S/C23H25N3O5/c1-3-15-7-4-5-10-19(15)26-13-17(12-21(26)28)23(30)31-14-20(27)25-18-9-6-8-16(11-18)22(29)24-2/h4-11,17H,3,12-14H2,1-2H3,(H,24,29)(H,25,27)/t17-/m0/s1. The zero-order chi connectivity index (χ0) is 22.4. The number of nitrogens with one attached hydrogen (secondary N) is 2. The summed E-state index contributed by atoms with van der Waals surface area (Å²) < 4.78 is 5.14. The van der Waals surface area contributed by atoms with Gasteiger partial charge in [0.1, 0.15) is 0 Å². The van der Waals surface area contributed by atoms with Crippen LogP contribution in [0.15, 0.2) is 48.5 Å². The number of anilines is 2. The maximum Gasteiger partial charge on any atom is 0.311 e. The molecule has 3 rings (SSSR count). The summed E-state index contributed by atoms with van der Waals surface area (Å²) in [6.07, 6.45) is 0.822. The van der Waals surface area contributed by atoms with Crippen LogP contribution in [-0.2, 0) is 25.5 Å². The number of nitrogens with zero attached hydrogens (tertiary/aromatic N) is 1. The zero-order valence-electron chi connectivity index (χ0n) is 17.5. The number of hydrogen-bond acceptors (Lipinski definition) is 5. The molecule has 2 aromatic carbocycles. The maximum atomic E-state index is 12.5. The van der Waals surface area contributed by atoms with Gasteiger partial charge < -0.3 is 20.3 Å². The van der Waals surface area contributed by atoms with Crippen molar-refractivity contribution in [1.82, 2.24) is 5.32 Å². The summed E-state index contributed by atoms with van der Waals surface area (Å²) in [6, 6.07) is 14.0. The fourth-order valence-corrected chi connectivity index (χ4v) is 3.51. The maximum absolute atomic E-state index is 12.5. The smallest absolute Gasteiger partial charge is 0.311 e. The molecule has 3 amide bonds. The van der Waals surface area contributed by atoms with Gasteiger partial charge in [-0.2, -0.15) is 0 Å². The summed E-state index contributed by atoms with van der Waals surface area (Å²) in [5, 5.41) is 5.10. The highest BCUT2D eigenvalue weighted by Crippen LogP contribution is 2.29. The number of carbonyl (C=O) groups is 4. The Morgan fingerprint density at radius 2 is 1.90 bits per heavy atom. The van der Waals surface area contributed by atoms with Crippen molar-refractivity contribution in [1.29, 1.82) is 0 Å². The minimum Gasteiger partial charge on any atom is -0.455 e. The van der Waals surface area contributed by atoms with Crippen molar-refractivity contribution in [3.05, 3.63) is 59.7 Å². The average molecular weight is 423 g/mol. The lowest BCUT2D eigenvalue weighted by atomic mass is 10.1. The Bertz CT molecular complexity index is 1000. The highest BCUT2D eigenvalue weighted by molar-refractivity contribution is 6.01. The lowest BCUT2D eigenvalue weighted by molar-refractivity contribution is -0.151. The number of esters is 1. The number of para-hydroxylation sites is 1. The van der Waals surface area contributed by atoms with Crippen molar-refractivity contribution >= 4 is 35.1 Å². The third-order valence-electron chi connectivity index (χ3n) is 5.10. The molecule has 1 atom stereocenters. The van der Waals surface area contributed by atoms with Crippen LogP contribution in [0.2, 0.25) is 0 Å². The topological polar surface area (TPSA) is 105 Å². The van der Waals surface area contributed by atoms with E-state index in [0.717, 1.165) is 17.7 Å². The Labute approximate surface area is 180 Å². The molecule has 1 heterocycles. The molecule has 1 aliphatic heterocycles. The van der Waals surface area contributed by atoms with E-state index in [9.17, 15) is 19.2 Å². The van der Waals surface area contributed by atoms with E-state index in [4.69, 9.17) is 4.74 Å². The molecule has 2 N–H and O–H groups in total. The molecule has 1 aliphatic rings. The van der Waals surface area contributed by atoms with Crippen molar-refractivity contribution in [2.75, 3.05) is 30.4 Å². The number of carbonyl (C=O) groups excluding carboxylic acids is 4. The molecule has 0 bridgehead atoms. The van der Waals surface area contributed by atoms with Crippen LogP contribution in [0.4, 0.5) is 11.4 Å². The number of benzene rings is 2. The van der Waals surface area contributed by atoms with E-state index in [1.54, 1.807) is 23.1 Å². The van der Waals surface area contributed by atoms with E-state index in [1.165, 1.54) is 13.1 Å². The number of amides is 3. The Kier molecular flexibility index (Phi) is 7.02. The fourth-order valence-electron chi connectivity index (χ4n) is 3.51. The summed E-state index contributed by atoms with van der Waals surface area (Å²) in [7, 11) is 1.52. The van der Waals surface area contributed by atoms with E-state index in [2.05, 4.69) is 10.6 Å². The highest BCUT2D eigenvalue weighted by atomic mass is 16.5. The molecule has 0 aromatic heterocycles. The van der Waals surface area contributed by atoms with Crippen LogP contribution >= 0.6 is 0 Å². The number of aryl methyl sites for hydroxylation is 1. The fraction of sp³-hybridized carbons (Fsp3) is 0.304. The highest BCUT2D eigenvalue weighted by Gasteiger charge is 2.37. The summed E-state index contributed by atoms with van der Waals surface area (Å²) >= 11 is 0. The monoisotopic (exact) mass is 423 g/mol. The molecule has 0 saturated carbocycles. The molecule has 0 unspecified atom stereocenters. The molecule has 0 radical (unpaired) electrons. The largest absolute Gasteiger partial charge is 0.455 e. The third-order valence-corrected chi connectivity index (χ3v) is 5.10. The predicted octanol–water partition coefficient (Wildman–Crippen LogP) is 2.14. The second kappa shape index (κ2) is 9.88. The molecular formula is C23H25N3O5. The summed E-state index contributed by atoms with van der Waals surface area (Å²) in [5.74, 6) is -2.15. The molecule has 1 saturated heterocycles. The van der Waals surface area contributed by atoms with Gasteiger partial charge in [0.2, 0.25) is 5.91 Å². The number of ether oxygens (including phenoxy) is 1. The molecule has 2 aromatic rings. The van der Waals surface area contributed by atoms with Gasteiger partial charge in [-0.05, 0) is 36.2 Å². The van der Waals surface area contributed by atoms with Crippen molar-refractivity contribution in [3.63, 3.8) is 0 Å². The van der Waals surface area contributed by atoms with Gasteiger partial charge in [-0.25, -0.2) is 0 Å². The molecule has 0 spiro atoms. The van der Waals surface area contributed by atoms with E-state index < -0.39 is 24.4 Å². The van der Waals surface area contributed by atoms with Crippen molar-refractivity contribution in [3.8, 4) is 0 Å². The summed E-state index contributed by atoms with van der Waals surface area (Å²) in [5.41, 5.74) is 2.65. The molecule has 31 heavy (non-hydrogen) atoms. The second-order valence-electron chi connectivity index (χ2n) is 7.20. The van der Waals surface area contributed by atoms with Gasteiger partial charge in [0, 0.05) is 37.0 Å². The number of rotatable bonds is 7. The van der Waals surface area contributed by atoms with Crippen molar-refractivity contribution in [2.24, 2.45) is 5.92 Å². The number of hydrogen-bond donors (Lipinski definition) is 2. The Morgan fingerprint density at radius 3 is 2.65 bits per heavy atom. The summed E-state index contributed by atoms with van der Waals surface area (Å²) in [6.45, 7) is 1.76. The van der Waals surface area contributed by atoms with Gasteiger partial charge >= 0.3 is 5.97 Å². The first-order valence-electron chi connectivity index (χ1n) is 10.1. The van der Waals surface area contributed by atoms with Crippen LogP contribution < -0.4 is 15.5 Å². The van der Waals surface area contributed by atoms with Gasteiger partial charge in [0.25, 0.3) is 11.8 Å². The Balaban J connectivity index is 1.55. The molecule has 162 valence electrons. The van der Waals surface area contributed by atoms with Crippen molar-refractivity contribution in [2.45, 2.75) is 19.8 Å². The van der Waals surface area contributed by atoms with E-state index in [-0.39, 0.29) is 24.8 Å². The van der Waals surface area contributed by atoms with Crippen LogP contribution in [0, 0.1) is 5.92 Å². The zero-order valence-corrected chi connectivity index (χ0v) is 17.5. The van der Waals surface area contributed by atoms with E-state index in [1.807, 2.05) is 31.2 Å². The molecule has 8 heteroatoms. The lowest BCUT2D eigenvalue weighted by Crippen LogP contribution is -2.28. The molecule has 0 aliphatic carbocycles. The Morgan fingerprint density at radius 1 is 1.13 bits per heavy atom. The van der Waals surface area contributed by atoms with Crippen LogP contribution in [0.3, 0.4) is 0 Å². The minimum absolute atomic E-state index is 0.0483. The average Bonchev–Trinajstić information content (AvgIpc) is 3.18. The second-order valence-corrected chi connectivity index (χ2v) is 7.20. The SMILES string of the molecule is CCc1ccccc1N1C[C@@H](C(=O)OCC(=O)Nc2cccc(C(=O)NC)c2)CC1=O. The lowest BCUT2D eigenvalue weighted by Gasteiger charge is -2.19. The van der Waals surface area contributed by atoms with Crippen LogP contribution in [-0.4, -0.2) is 43.9 Å². The van der Waals surface area contributed by atoms with E-state index >= 15 is 0 Å². The van der Waals surface area contributed by atoms with Crippen LogP contribution in [0.5, 0.6) is 0 Å². The van der Waals surface area contributed by atoms with Gasteiger partial charge in [0.15, 0.2) is 6.61 Å². The Hall–Kier alpha value is -3.68. The van der Waals surface area contributed by atoms with Crippen LogP contribution in [0.25, 0.3) is 0 Å². The van der Waals surface area contributed by atoms with Gasteiger partial charge in [-0.1, -0.05) is 31.2 Å². The molecular weight excluding hydrogens is 398 g/mol. The third kappa shape index (κ3) is 5.28. The van der Waals surface area contributed by atoms with Crippen LogP contribution in [0.1, 0.15) is 29.3 Å². The minimum atomic E-state index is -0.623. The quantitative estimate of drug-likeness (QED) is 0.664. The van der Waals surface area contributed by atoms with Gasteiger partial charge in [0.05, 0.1) is 5.92 Å². The van der Waals surface area contributed by atoms with E-state index in [0.29, 0.717) is 11.3 Å². The molecule has 8 nitrogen and oxygen atoms in total. The first-order valence-corrected chi connectivity index (χ1v) is 10.1. The first kappa shape index (κ1) is 22.0. The van der Waals surface area contributed by atoms with Crippen molar-refractivity contribution < 1.29 is 23.9 Å². The van der Waals surface area contributed by atoms with Gasteiger partial charge in [-0.3, -0.25) is 19.2 Å². The van der Waals surface area contributed by atoms with Gasteiger partial charge in [-0.15, -0.1) is 0 Å². The first-order chi connectivity index (χ1) is 14.9.